The van der Waals surface area contributed by atoms with Crippen LogP contribution in [0.4, 0.5) is 5.69 Å². The van der Waals surface area contributed by atoms with Gasteiger partial charge in [-0.15, -0.1) is 11.8 Å². The molecule has 0 aliphatic carbocycles. The molecule has 0 saturated heterocycles. The molecule has 0 spiro atoms. The van der Waals surface area contributed by atoms with Crippen molar-refractivity contribution in [1.82, 2.24) is 0 Å². The quantitative estimate of drug-likeness (QED) is 0.322. The molecule has 3 aromatic rings. The zero-order valence-corrected chi connectivity index (χ0v) is 14.8. The Hall–Kier alpha value is -1.27. The molecular formula is C17H17ClN2OS2. The van der Waals surface area contributed by atoms with E-state index in [0.717, 1.165) is 38.8 Å². The summed E-state index contributed by atoms with van der Waals surface area (Å²) in [4.78, 5) is 1.16. The molecule has 0 atom stereocenters. The fraction of sp³-hybridized carbons (Fsp3) is 0.176. The average Bonchev–Trinajstić information content (AvgIpc) is 2.97. The van der Waals surface area contributed by atoms with Crippen LogP contribution in [0.3, 0.4) is 0 Å². The number of benzene rings is 2. The largest absolute Gasteiger partial charge is 0.448 e. The van der Waals surface area contributed by atoms with E-state index in [2.05, 4.69) is 4.72 Å². The van der Waals surface area contributed by atoms with Crippen molar-refractivity contribution in [2.24, 2.45) is 5.73 Å². The van der Waals surface area contributed by atoms with Crippen molar-refractivity contribution >= 4 is 52.0 Å². The molecule has 2 aromatic carbocycles. The molecule has 6 heteroatoms. The average molecular weight is 365 g/mol. The highest BCUT2D eigenvalue weighted by molar-refractivity contribution is 8.01. The molecule has 23 heavy (non-hydrogen) atoms. The van der Waals surface area contributed by atoms with Gasteiger partial charge < -0.3 is 14.9 Å². The Labute approximate surface area is 149 Å². The molecule has 0 aliphatic rings. The van der Waals surface area contributed by atoms with Crippen LogP contribution in [0.1, 0.15) is 6.42 Å². The summed E-state index contributed by atoms with van der Waals surface area (Å²) in [6, 6.07) is 15.9. The number of furan rings is 1. The van der Waals surface area contributed by atoms with Crippen LogP contribution in [0.15, 0.2) is 62.9 Å². The van der Waals surface area contributed by atoms with Crippen LogP contribution >= 0.6 is 35.3 Å². The van der Waals surface area contributed by atoms with Gasteiger partial charge in [-0.3, -0.25) is 0 Å². The van der Waals surface area contributed by atoms with Crippen LogP contribution in [-0.4, -0.2) is 12.3 Å². The molecule has 0 radical (unpaired) electrons. The van der Waals surface area contributed by atoms with Gasteiger partial charge in [-0.05, 0) is 43.0 Å². The van der Waals surface area contributed by atoms with Gasteiger partial charge in [0, 0.05) is 33.3 Å². The Morgan fingerprint density at radius 1 is 1.13 bits per heavy atom. The van der Waals surface area contributed by atoms with E-state index in [0.29, 0.717) is 11.6 Å². The standard InChI is InChI=1S/C17H17ClN2OS2/c18-13-6-7-16(22-9-3-8-19)14(11-13)20-23-17-10-12-4-1-2-5-15(12)21-17/h1-2,4-7,10-11,20H,3,8-9,19H2. The third kappa shape index (κ3) is 4.38. The molecule has 0 saturated carbocycles. The fourth-order valence-electron chi connectivity index (χ4n) is 2.09. The van der Waals surface area contributed by atoms with E-state index in [9.17, 15) is 0 Å². The number of halogens is 1. The maximum Gasteiger partial charge on any atom is 0.181 e. The predicted molar refractivity (Wildman–Crippen MR) is 102 cm³/mol. The Morgan fingerprint density at radius 3 is 2.83 bits per heavy atom. The number of anilines is 1. The molecule has 0 amide bonds. The first kappa shape index (κ1) is 16.6. The van der Waals surface area contributed by atoms with Crippen molar-refractivity contribution in [2.75, 3.05) is 17.0 Å². The summed E-state index contributed by atoms with van der Waals surface area (Å²) >= 11 is 9.35. The summed E-state index contributed by atoms with van der Waals surface area (Å²) in [5, 5.41) is 2.63. The van der Waals surface area contributed by atoms with Gasteiger partial charge in [0.2, 0.25) is 0 Å². The van der Waals surface area contributed by atoms with Crippen LogP contribution in [0.5, 0.6) is 0 Å². The summed E-state index contributed by atoms with van der Waals surface area (Å²) in [6.07, 6.45) is 0.990. The monoisotopic (exact) mass is 364 g/mol. The molecule has 3 N–H and O–H groups in total. The molecular weight excluding hydrogens is 348 g/mol. The molecule has 3 nitrogen and oxygen atoms in total. The summed E-state index contributed by atoms with van der Waals surface area (Å²) in [5.41, 5.74) is 7.44. The lowest BCUT2D eigenvalue weighted by Gasteiger charge is -2.10. The summed E-state index contributed by atoms with van der Waals surface area (Å²) in [5.74, 6) is 0.988. The number of nitrogens with two attached hydrogens (primary N) is 1. The smallest absolute Gasteiger partial charge is 0.181 e. The van der Waals surface area contributed by atoms with Crippen molar-refractivity contribution in [1.29, 1.82) is 0 Å². The summed E-state index contributed by atoms with van der Waals surface area (Å²) < 4.78 is 9.15. The van der Waals surface area contributed by atoms with Crippen LogP contribution in [0, 0.1) is 0 Å². The van der Waals surface area contributed by atoms with Gasteiger partial charge >= 0.3 is 0 Å². The highest BCUT2D eigenvalue weighted by Crippen LogP contribution is 2.34. The number of hydrogen-bond acceptors (Lipinski definition) is 5. The van der Waals surface area contributed by atoms with Gasteiger partial charge in [0.05, 0.1) is 5.69 Å². The molecule has 120 valence electrons. The van der Waals surface area contributed by atoms with E-state index in [1.165, 1.54) is 11.9 Å². The molecule has 0 aliphatic heterocycles. The van der Waals surface area contributed by atoms with E-state index >= 15 is 0 Å². The lowest BCUT2D eigenvalue weighted by Crippen LogP contribution is -1.99. The minimum absolute atomic E-state index is 0.705. The van der Waals surface area contributed by atoms with Crippen molar-refractivity contribution in [2.45, 2.75) is 16.4 Å². The number of fused-ring (bicyclic) bond motifs is 1. The number of hydrogen-bond donors (Lipinski definition) is 2. The zero-order valence-electron chi connectivity index (χ0n) is 12.4. The van der Waals surface area contributed by atoms with Crippen molar-refractivity contribution in [3.05, 3.63) is 53.6 Å². The Bertz CT molecular complexity index is 758. The number of nitrogens with one attached hydrogen (secondary N) is 1. The molecule has 0 unspecified atom stereocenters. The van der Waals surface area contributed by atoms with E-state index in [1.807, 2.05) is 48.5 Å². The predicted octanol–water partition coefficient (Wildman–Crippen LogP) is 5.65. The maximum atomic E-state index is 6.12. The normalized spacial score (nSPS) is 11.0. The lowest BCUT2D eigenvalue weighted by molar-refractivity contribution is 0.515. The van der Waals surface area contributed by atoms with Gasteiger partial charge in [0.25, 0.3) is 0 Å². The maximum absolute atomic E-state index is 6.12. The number of thioether (sulfide) groups is 1. The first-order valence-electron chi connectivity index (χ1n) is 7.30. The van der Waals surface area contributed by atoms with E-state index in [1.54, 1.807) is 11.8 Å². The van der Waals surface area contributed by atoms with Crippen molar-refractivity contribution in [3.8, 4) is 0 Å². The first-order chi connectivity index (χ1) is 11.3. The molecule has 1 heterocycles. The van der Waals surface area contributed by atoms with Gasteiger partial charge in [0.15, 0.2) is 5.09 Å². The zero-order chi connectivity index (χ0) is 16.1. The lowest BCUT2D eigenvalue weighted by atomic mass is 10.3. The molecule has 0 bridgehead atoms. The first-order valence-corrected chi connectivity index (χ1v) is 9.48. The third-order valence-electron chi connectivity index (χ3n) is 3.21. The van der Waals surface area contributed by atoms with Crippen molar-refractivity contribution in [3.63, 3.8) is 0 Å². The summed E-state index contributed by atoms with van der Waals surface area (Å²) in [6.45, 7) is 0.705. The highest BCUT2D eigenvalue weighted by atomic mass is 35.5. The van der Waals surface area contributed by atoms with Crippen LogP contribution in [0.2, 0.25) is 5.02 Å². The Morgan fingerprint density at radius 2 is 2.00 bits per heavy atom. The Kier molecular flexibility index (Phi) is 5.78. The molecule has 3 rings (SSSR count). The van der Waals surface area contributed by atoms with E-state index in [4.69, 9.17) is 21.8 Å². The summed E-state index contributed by atoms with van der Waals surface area (Å²) in [7, 11) is 0. The number of para-hydroxylation sites is 1. The topological polar surface area (TPSA) is 51.2 Å². The molecule has 1 aromatic heterocycles. The SMILES string of the molecule is NCCCSc1ccc(Cl)cc1NSc1cc2ccccc2o1. The third-order valence-corrected chi connectivity index (χ3v) is 5.33. The van der Waals surface area contributed by atoms with Gasteiger partial charge in [-0.25, -0.2) is 0 Å². The van der Waals surface area contributed by atoms with E-state index in [-0.39, 0.29) is 0 Å². The van der Waals surface area contributed by atoms with Crippen molar-refractivity contribution < 1.29 is 4.42 Å². The second-order valence-corrected chi connectivity index (χ2v) is 7.32. The highest BCUT2D eigenvalue weighted by Gasteiger charge is 2.08. The fourth-order valence-corrected chi connectivity index (χ4v) is 3.98. The Balaban J connectivity index is 1.72. The van der Waals surface area contributed by atoms with E-state index < -0.39 is 0 Å². The van der Waals surface area contributed by atoms with Gasteiger partial charge in [-0.2, -0.15) is 0 Å². The van der Waals surface area contributed by atoms with Crippen LogP contribution < -0.4 is 10.5 Å². The van der Waals surface area contributed by atoms with Crippen LogP contribution in [0.25, 0.3) is 11.0 Å². The van der Waals surface area contributed by atoms with Crippen LogP contribution in [-0.2, 0) is 0 Å². The second kappa shape index (κ2) is 8.02. The van der Waals surface area contributed by atoms with Gasteiger partial charge in [-0.1, -0.05) is 29.8 Å². The number of rotatable bonds is 7. The minimum Gasteiger partial charge on any atom is -0.448 e. The molecule has 0 fully saturated rings. The van der Waals surface area contributed by atoms with Gasteiger partial charge in [0.1, 0.15) is 5.58 Å². The minimum atomic E-state index is 0.705. The second-order valence-electron chi connectivity index (χ2n) is 4.94.